The van der Waals surface area contributed by atoms with Gasteiger partial charge in [-0.25, -0.2) is 0 Å². The second-order valence-electron chi connectivity index (χ2n) is 3.97. The summed E-state index contributed by atoms with van der Waals surface area (Å²) in [5, 5.41) is 0. The van der Waals surface area contributed by atoms with Crippen molar-refractivity contribution in [2.75, 3.05) is 0 Å². The second kappa shape index (κ2) is 3.45. The van der Waals surface area contributed by atoms with Crippen LogP contribution in [-0.4, -0.2) is 5.97 Å². The van der Waals surface area contributed by atoms with Gasteiger partial charge in [-0.2, -0.15) is 0 Å². The molecule has 2 heteroatoms. The molecule has 0 spiro atoms. The minimum atomic E-state index is -0.0735. The van der Waals surface area contributed by atoms with Crippen LogP contribution in [0.1, 0.15) is 30.6 Å². The zero-order chi connectivity index (χ0) is 10.1. The van der Waals surface area contributed by atoms with Crippen molar-refractivity contribution in [1.82, 2.24) is 0 Å². The number of aryl methyl sites for hydroxylation is 1. The summed E-state index contributed by atoms with van der Waals surface area (Å²) in [6, 6.07) is 8.16. The normalized spacial score (nSPS) is 26.3. The van der Waals surface area contributed by atoms with Gasteiger partial charge in [0.2, 0.25) is 0 Å². The number of ether oxygens (including phenoxy) is 1. The number of carbonyl (C=O) groups is 1. The zero-order valence-electron chi connectivity index (χ0n) is 8.49. The van der Waals surface area contributed by atoms with E-state index in [2.05, 4.69) is 0 Å². The van der Waals surface area contributed by atoms with Crippen LogP contribution >= 0.6 is 0 Å². The largest absolute Gasteiger partial charge is 0.457 e. The van der Waals surface area contributed by atoms with Crippen molar-refractivity contribution in [3.8, 4) is 0 Å². The molecular weight excluding hydrogens is 176 g/mol. The monoisotopic (exact) mass is 190 g/mol. The Morgan fingerprint density at radius 3 is 2.43 bits per heavy atom. The molecule has 0 bridgehead atoms. The van der Waals surface area contributed by atoms with Gasteiger partial charge in [-0.15, -0.1) is 0 Å². The minimum Gasteiger partial charge on any atom is -0.457 e. The third-order valence-corrected chi connectivity index (χ3v) is 2.68. The van der Waals surface area contributed by atoms with E-state index in [1.165, 1.54) is 5.56 Å². The van der Waals surface area contributed by atoms with E-state index >= 15 is 0 Å². The molecule has 0 aromatic heterocycles. The Hall–Kier alpha value is -1.31. The quantitative estimate of drug-likeness (QED) is 0.636. The number of hydrogen-bond donors (Lipinski definition) is 0. The van der Waals surface area contributed by atoms with Crippen molar-refractivity contribution in [1.29, 1.82) is 0 Å². The number of cyclic esters (lactones) is 1. The van der Waals surface area contributed by atoms with Gasteiger partial charge >= 0.3 is 5.97 Å². The Morgan fingerprint density at radius 1 is 1.29 bits per heavy atom. The molecule has 1 saturated heterocycles. The van der Waals surface area contributed by atoms with Crippen molar-refractivity contribution >= 4 is 5.97 Å². The molecule has 2 nitrogen and oxygen atoms in total. The molecule has 1 aliphatic heterocycles. The summed E-state index contributed by atoms with van der Waals surface area (Å²) in [4.78, 5) is 11.2. The van der Waals surface area contributed by atoms with Gasteiger partial charge in [0.1, 0.15) is 6.10 Å². The van der Waals surface area contributed by atoms with Gasteiger partial charge in [-0.1, -0.05) is 36.8 Å². The standard InChI is InChI=1S/C12H14O2/c1-8-3-5-10(6-4-8)11-7-9(2)12(13)14-11/h3-6,9,11H,7H2,1-2H3. The van der Waals surface area contributed by atoms with Gasteiger partial charge in [0, 0.05) is 6.42 Å². The molecule has 2 rings (SSSR count). The first-order chi connectivity index (χ1) is 6.66. The van der Waals surface area contributed by atoms with Crippen molar-refractivity contribution in [2.45, 2.75) is 26.4 Å². The van der Waals surface area contributed by atoms with Crippen molar-refractivity contribution < 1.29 is 9.53 Å². The maximum absolute atomic E-state index is 11.2. The average molecular weight is 190 g/mol. The molecule has 1 fully saturated rings. The Kier molecular flexibility index (Phi) is 2.28. The average Bonchev–Trinajstić information content (AvgIpc) is 2.48. The summed E-state index contributed by atoms with van der Waals surface area (Å²) in [6.07, 6.45) is 0.778. The lowest BCUT2D eigenvalue weighted by atomic mass is 10.0. The smallest absolute Gasteiger partial charge is 0.309 e. The van der Waals surface area contributed by atoms with Crippen molar-refractivity contribution in [3.63, 3.8) is 0 Å². The van der Waals surface area contributed by atoms with Gasteiger partial charge < -0.3 is 4.74 Å². The fourth-order valence-electron chi connectivity index (χ4n) is 1.71. The van der Waals surface area contributed by atoms with E-state index < -0.39 is 0 Å². The summed E-state index contributed by atoms with van der Waals surface area (Å²) in [5.41, 5.74) is 2.33. The van der Waals surface area contributed by atoms with E-state index in [0.29, 0.717) is 0 Å². The first-order valence-corrected chi connectivity index (χ1v) is 4.94. The fourth-order valence-corrected chi connectivity index (χ4v) is 1.71. The first-order valence-electron chi connectivity index (χ1n) is 4.94. The molecule has 0 radical (unpaired) electrons. The highest BCUT2D eigenvalue weighted by Crippen LogP contribution is 2.32. The van der Waals surface area contributed by atoms with Crippen molar-refractivity contribution in [2.24, 2.45) is 5.92 Å². The lowest BCUT2D eigenvalue weighted by molar-refractivity contribution is -0.144. The van der Waals surface area contributed by atoms with Crippen LogP contribution < -0.4 is 0 Å². The van der Waals surface area contributed by atoms with E-state index in [-0.39, 0.29) is 18.0 Å². The van der Waals surface area contributed by atoms with E-state index in [1.807, 2.05) is 38.1 Å². The van der Waals surface area contributed by atoms with Crippen LogP contribution in [0.5, 0.6) is 0 Å². The zero-order valence-corrected chi connectivity index (χ0v) is 8.49. The highest BCUT2D eigenvalue weighted by Gasteiger charge is 2.31. The summed E-state index contributed by atoms with van der Waals surface area (Å²) >= 11 is 0. The highest BCUT2D eigenvalue weighted by atomic mass is 16.5. The molecule has 1 aromatic rings. The van der Waals surface area contributed by atoms with Gasteiger partial charge in [0.05, 0.1) is 5.92 Å². The molecule has 0 saturated carbocycles. The number of rotatable bonds is 1. The number of hydrogen-bond acceptors (Lipinski definition) is 2. The molecule has 2 unspecified atom stereocenters. The first kappa shape index (κ1) is 9.25. The predicted octanol–water partition coefficient (Wildman–Crippen LogP) is 2.62. The van der Waals surface area contributed by atoms with Crippen LogP contribution in [0.2, 0.25) is 0 Å². The molecule has 0 amide bonds. The lowest BCUT2D eigenvalue weighted by Gasteiger charge is -2.08. The summed E-state index contributed by atoms with van der Waals surface area (Å²) in [5.74, 6) is -0.0307. The van der Waals surface area contributed by atoms with Crippen molar-refractivity contribution in [3.05, 3.63) is 35.4 Å². The Balaban J connectivity index is 2.17. The van der Waals surface area contributed by atoms with E-state index in [9.17, 15) is 4.79 Å². The second-order valence-corrected chi connectivity index (χ2v) is 3.97. The number of esters is 1. The van der Waals surface area contributed by atoms with Gasteiger partial charge in [0.15, 0.2) is 0 Å². The Bertz CT molecular complexity index is 340. The third kappa shape index (κ3) is 1.65. The summed E-state index contributed by atoms with van der Waals surface area (Å²) in [6.45, 7) is 3.96. The van der Waals surface area contributed by atoms with Crippen LogP contribution in [0.3, 0.4) is 0 Å². The maximum atomic E-state index is 11.2. The lowest BCUT2D eigenvalue weighted by Crippen LogP contribution is -2.01. The van der Waals surface area contributed by atoms with Crippen LogP contribution in [0.4, 0.5) is 0 Å². The maximum Gasteiger partial charge on any atom is 0.309 e. The summed E-state index contributed by atoms with van der Waals surface area (Å²) in [7, 11) is 0. The molecular formula is C12H14O2. The van der Waals surface area contributed by atoms with E-state index in [1.54, 1.807) is 0 Å². The van der Waals surface area contributed by atoms with Crippen LogP contribution in [0.15, 0.2) is 24.3 Å². The molecule has 1 aliphatic rings. The number of benzene rings is 1. The van der Waals surface area contributed by atoms with E-state index in [4.69, 9.17) is 4.74 Å². The fraction of sp³-hybridized carbons (Fsp3) is 0.417. The summed E-state index contributed by atoms with van der Waals surface area (Å²) < 4.78 is 5.26. The van der Waals surface area contributed by atoms with Gasteiger partial charge in [-0.05, 0) is 12.5 Å². The number of carbonyl (C=O) groups excluding carboxylic acids is 1. The van der Waals surface area contributed by atoms with E-state index in [0.717, 1.165) is 12.0 Å². The topological polar surface area (TPSA) is 26.3 Å². The Morgan fingerprint density at radius 2 is 1.93 bits per heavy atom. The molecule has 74 valence electrons. The van der Waals surface area contributed by atoms with Gasteiger partial charge in [-0.3, -0.25) is 4.79 Å². The van der Waals surface area contributed by atoms with Crippen LogP contribution in [-0.2, 0) is 9.53 Å². The molecule has 0 aliphatic carbocycles. The molecule has 1 aromatic carbocycles. The highest BCUT2D eigenvalue weighted by molar-refractivity contribution is 5.74. The third-order valence-electron chi connectivity index (χ3n) is 2.68. The van der Waals surface area contributed by atoms with Gasteiger partial charge in [0.25, 0.3) is 0 Å². The SMILES string of the molecule is Cc1ccc(C2CC(C)C(=O)O2)cc1. The molecule has 14 heavy (non-hydrogen) atoms. The molecule has 2 atom stereocenters. The predicted molar refractivity (Wildman–Crippen MR) is 53.8 cm³/mol. The van der Waals surface area contributed by atoms with Crippen LogP contribution in [0, 0.1) is 12.8 Å². The van der Waals surface area contributed by atoms with Crippen LogP contribution in [0.25, 0.3) is 0 Å². The Labute approximate surface area is 83.9 Å². The molecule has 0 N–H and O–H groups in total. The minimum absolute atomic E-state index is 0.0295. The molecule has 1 heterocycles.